The Balaban J connectivity index is 1.53. The molecule has 3 rings (SSSR count). The summed E-state index contributed by atoms with van der Waals surface area (Å²) >= 11 is 7.61. The number of esters is 1. The highest BCUT2D eigenvalue weighted by atomic mass is 35.5. The number of rotatable bonds is 7. The largest absolute Gasteiger partial charge is 0.495 e. The normalized spacial score (nSPS) is 10.5. The molecule has 3 aromatic rings. The molecule has 0 radical (unpaired) electrons. The quantitative estimate of drug-likeness (QED) is 0.444. The molecule has 0 aliphatic carbocycles. The van der Waals surface area contributed by atoms with Crippen LogP contribution in [0.1, 0.15) is 0 Å². The van der Waals surface area contributed by atoms with E-state index in [1.54, 1.807) is 24.3 Å². The second-order valence-electron chi connectivity index (χ2n) is 5.79. The Morgan fingerprint density at radius 3 is 2.57 bits per heavy atom. The van der Waals surface area contributed by atoms with Crippen LogP contribution in [0.25, 0.3) is 10.8 Å². The van der Waals surface area contributed by atoms with E-state index < -0.39 is 11.9 Å². The minimum atomic E-state index is -0.482. The van der Waals surface area contributed by atoms with Crippen molar-refractivity contribution in [3.05, 3.63) is 65.7 Å². The molecule has 0 aliphatic rings. The Hall–Kier alpha value is -2.70. The number of methoxy groups -OCH3 is 1. The third-order valence-corrected chi connectivity index (χ3v) is 5.25. The topological polar surface area (TPSA) is 64.6 Å². The van der Waals surface area contributed by atoms with Gasteiger partial charge in [-0.1, -0.05) is 48.0 Å². The second kappa shape index (κ2) is 9.48. The molecule has 0 heterocycles. The molecular formula is C21H18ClNO4S. The van der Waals surface area contributed by atoms with E-state index in [0.29, 0.717) is 16.5 Å². The molecule has 0 unspecified atom stereocenters. The predicted octanol–water partition coefficient (Wildman–Crippen LogP) is 4.78. The first-order valence-corrected chi connectivity index (χ1v) is 9.83. The fourth-order valence-electron chi connectivity index (χ4n) is 2.64. The zero-order chi connectivity index (χ0) is 19.9. The number of para-hydroxylation sites is 2. The van der Waals surface area contributed by atoms with Gasteiger partial charge < -0.3 is 14.8 Å². The molecule has 0 saturated carbocycles. The number of nitrogens with one attached hydrogen (secondary N) is 1. The Bertz CT molecular complexity index is 1000. The highest BCUT2D eigenvalue weighted by Crippen LogP contribution is 2.33. The number of carbonyl (C=O) groups is 2. The lowest BCUT2D eigenvalue weighted by Crippen LogP contribution is -2.21. The van der Waals surface area contributed by atoms with E-state index in [1.165, 1.54) is 18.9 Å². The maximum atomic E-state index is 12.0. The SMILES string of the molecule is COc1ccccc1NC(=O)COC(=O)CSc1cccc2cccc(Cl)c12. The van der Waals surface area contributed by atoms with Crippen LogP contribution in [0.3, 0.4) is 0 Å². The van der Waals surface area contributed by atoms with Crippen molar-refractivity contribution in [1.29, 1.82) is 0 Å². The van der Waals surface area contributed by atoms with Crippen molar-refractivity contribution in [3.8, 4) is 5.75 Å². The summed E-state index contributed by atoms with van der Waals surface area (Å²) in [7, 11) is 1.52. The molecule has 7 heteroatoms. The van der Waals surface area contributed by atoms with E-state index in [9.17, 15) is 9.59 Å². The van der Waals surface area contributed by atoms with Crippen molar-refractivity contribution in [1.82, 2.24) is 0 Å². The summed E-state index contributed by atoms with van der Waals surface area (Å²) in [6, 6.07) is 18.4. The molecule has 0 fully saturated rings. The number of anilines is 1. The smallest absolute Gasteiger partial charge is 0.316 e. The van der Waals surface area contributed by atoms with Crippen LogP contribution in [-0.4, -0.2) is 31.3 Å². The van der Waals surface area contributed by atoms with Gasteiger partial charge in [-0.05, 0) is 29.7 Å². The van der Waals surface area contributed by atoms with Gasteiger partial charge in [-0.15, -0.1) is 11.8 Å². The van der Waals surface area contributed by atoms with Gasteiger partial charge in [0.25, 0.3) is 5.91 Å². The van der Waals surface area contributed by atoms with Crippen molar-refractivity contribution in [2.75, 3.05) is 24.8 Å². The predicted molar refractivity (Wildman–Crippen MR) is 112 cm³/mol. The number of carbonyl (C=O) groups excluding carboxylic acids is 2. The average molecular weight is 416 g/mol. The first-order chi connectivity index (χ1) is 13.6. The lowest BCUT2D eigenvalue weighted by molar-refractivity contribution is -0.144. The first-order valence-electron chi connectivity index (χ1n) is 8.47. The zero-order valence-electron chi connectivity index (χ0n) is 15.1. The molecular weight excluding hydrogens is 398 g/mol. The minimum Gasteiger partial charge on any atom is -0.495 e. The molecule has 1 N–H and O–H groups in total. The lowest BCUT2D eigenvalue weighted by Gasteiger charge is -2.10. The Labute approximate surface area is 172 Å². The highest BCUT2D eigenvalue weighted by molar-refractivity contribution is 8.00. The third-order valence-electron chi connectivity index (χ3n) is 3.91. The summed E-state index contributed by atoms with van der Waals surface area (Å²) in [5.74, 6) is -0.308. The molecule has 0 spiro atoms. The van der Waals surface area contributed by atoms with E-state index in [4.69, 9.17) is 21.1 Å². The van der Waals surface area contributed by atoms with Gasteiger partial charge in [0.15, 0.2) is 6.61 Å². The average Bonchev–Trinajstić information content (AvgIpc) is 2.71. The Morgan fingerprint density at radius 2 is 1.79 bits per heavy atom. The highest BCUT2D eigenvalue weighted by Gasteiger charge is 2.12. The van der Waals surface area contributed by atoms with Gasteiger partial charge in [-0.25, -0.2) is 0 Å². The number of hydrogen-bond donors (Lipinski definition) is 1. The van der Waals surface area contributed by atoms with E-state index >= 15 is 0 Å². The van der Waals surface area contributed by atoms with Crippen LogP contribution in [-0.2, 0) is 14.3 Å². The van der Waals surface area contributed by atoms with Crippen LogP contribution in [0, 0.1) is 0 Å². The number of hydrogen-bond acceptors (Lipinski definition) is 5. The number of halogens is 1. The van der Waals surface area contributed by atoms with Crippen molar-refractivity contribution in [2.45, 2.75) is 4.90 Å². The molecule has 1 amide bonds. The summed E-state index contributed by atoms with van der Waals surface area (Å²) in [5.41, 5.74) is 0.519. The van der Waals surface area contributed by atoms with Crippen LogP contribution >= 0.6 is 23.4 Å². The molecule has 0 aliphatic heterocycles. The standard InChI is InChI=1S/C21H18ClNO4S/c1-26-17-10-3-2-9-16(17)23-19(24)12-27-20(25)13-28-18-11-5-7-14-6-4-8-15(22)21(14)18/h2-11H,12-13H2,1H3,(H,23,24). The fourth-order valence-corrected chi connectivity index (χ4v) is 3.88. The van der Waals surface area contributed by atoms with Gasteiger partial charge in [0.1, 0.15) is 5.75 Å². The summed E-state index contributed by atoms with van der Waals surface area (Å²) in [6.07, 6.45) is 0. The minimum absolute atomic E-state index is 0.0757. The van der Waals surface area contributed by atoms with Gasteiger partial charge in [-0.2, -0.15) is 0 Å². The van der Waals surface area contributed by atoms with Crippen LogP contribution in [0.4, 0.5) is 5.69 Å². The van der Waals surface area contributed by atoms with E-state index in [-0.39, 0.29) is 12.4 Å². The van der Waals surface area contributed by atoms with Crippen molar-refractivity contribution < 1.29 is 19.1 Å². The summed E-state index contributed by atoms with van der Waals surface area (Å²) in [5, 5.41) is 5.19. The first kappa shape index (κ1) is 20.0. The number of ether oxygens (including phenoxy) is 2. The van der Waals surface area contributed by atoms with E-state index in [0.717, 1.165) is 15.7 Å². The van der Waals surface area contributed by atoms with Crippen molar-refractivity contribution in [3.63, 3.8) is 0 Å². The molecule has 0 bridgehead atoms. The van der Waals surface area contributed by atoms with Gasteiger partial charge in [0, 0.05) is 15.3 Å². The second-order valence-corrected chi connectivity index (χ2v) is 7.22. The van der Waals surface area contributed by atoms with E-state index in [1.807, 2.05) is 36.4 Å². The molecule has 3 aromatic carbocycles. The number of amides is 1. The van der Waals surface area contributed by atoms with Gasteiger partial charge in [0.2, 0.25) is 0 Å². The Morgan fingerprint density at radius 1 is 1.04 bits per heavy atom. The number of fused-ring (bicyclic) bond motifs is 1. The molecule has 28 heavy (non-hydrogen) atoms. The molecule has 0 atom stereocenters. The van der Waals surface area contributed by atoms with Gasteiger partial charge >= 0.3 is 5.97 Å². The van der Waals surface area contributed by atoms with Crippen LogP contribution in [0.15, 0.2) is 65.6 Å². The van der Waals surface area contributed by atoms with Crippen molar-refractivity contribution in [2.24, 2.45) is 0 Å². The van der Waals surface area contributed by atoms with Crippen LogP contribution < -0.4 is 10.1 Å². The van der Waals surface area contributed by atoms with E-state index in [2.05, 4.69) is 5.32 Å². The van der Waals surface area contributed by atoms with Crippen molar-refractivity contribution >= 4 is 51.7 Å². The molecule has 144 valence electrons. The zero-order valence-corrected chi connectivity index (χ0v) is 16.7. The molecule has 0 aromatic heterocycles. The number of benzene rings is 3. The molecule has 0 saturated heterocycles. The van der Waals surface area contributed by atoms with Crippen LogP contribution in [0.2, 0.25) is 5.02 Å². The third kappa shape index (κ3) is 4.97. The maximum absolute atomic E-state index is 12.0. The van der Waals surface area contributed by atoms with Crippen LogP contribution in [0.5, 0.6) is 5.75 Å². The van der Waals surface area contributed by atoms with Gasteiger partial charge in [-0.3, -0.25) is 9.59 Å². The monoisotopic (exact) mass is 415 g/mol. The number of thioether (sulfide) groups is 1. The maximum Gasteiger partial charge on any atom is 0.316 e. The summed E-state index contributed by atoms with van der Waals surface area (Å²) in [4.78, 5) is 24.9. The van der Waals surface area contributed by atoms with Gasteiger partial charge in [0.05, 0.1) is 18.6 Å². The Kier molecular flexibility index (Phi) is 6.79. The summed E-state index contributed by atoms with van der Waals surface area (Å²) < 4.78 is 10.2. The fraction of sp³-hybridized carbons (Fsp3) is 0.143. The lowest BCUT2D eigenvalue weighted by atomic mass is 10.1. The summed E-state index contributed by atoms with van der Waals surface area (Å²) in [6.45, 7) is -0.367. The molecule has 5 nitrogen and oxygen atoms in total.